The van der Waals surface area contributed by atoms with Crippen molar-refractivity contribution in [3.05, 3.63) is 12.2 Å². The number of nitrogens with zero attached hydrogens (tertiary/aromatic N) is 5. The number of aliphatic hydroxyl groups excluding tert-OH is 1. The highest BCUT2D eigenvalue weighted by atomic mass is 16.3. The summed E-state index contributed by atoms with van der Waals surface area (Å²) >= 11 is 0. The van der Waals surface area contributed by atoms with Gasteiger partial charge < -0.3 is 61.5 Å². The van der Waals surface area contributed by atoms with Crippen LogP contribution in [0.4, 0.5) is 0 Å². The second kappa shape index (κ2) is 34.6. The van der Waals surface area contributed by atoms with Crippen molar-refractivity contribution in [3.63, 3.8) is 0 Å². The fourth-order valence-corrected chi connectivity index (χ4v) is 10.1. The van der Waals surface area contributed by atoms with Crippen molar-refractivity contribution in [2.45, 2.75) is 223 Å². The Kier molecular flexibility index (Phi) is 31.2. The fraction of sp³-hybridized carbons (Fsp3) is 0.783. The van der Waals surface area contributed by atoms with Crippen LogP contribution in [0.2, 0.25) is 0 Å². The first-order chi connectivity index (χ1) is 38.4. The smallest absolute Gasteiger partial charge is 0.246 e. The molecule has 83 heavy (non-hydrogen) atoms. The van der Waals surface area contributed by atoms with Gasteiger partial charge in [-0.05, 0) is 101 Å². The first kappa shape index (κ1) is 74.9. The standard InChI is InChI=1S/C60H107N11O12/c1-23-25-26-38(15)50(73)49-56(79)63-41(24-2)58(81)67(18)31-46(72)68(19)44(29-34(7)8)54(77)66-47(36(11)12)55(78)64-42(27-32(3)4)52(75)61-39(16)51(74)62-40(17)57(80)69(20)45(30-35(9)10)53(76)65-43(28-33(5)6)59(82)70(21)48(37(13)14)60(83)71(49)22/h23,25,32-45,47-50,73H,24,26-31H2,1-22H3,(H,61,75)(H,62,74)(H,63,79)(H,64,78)(H,65,76)(H,66,77)/b25-23+/t38-,39?,40-,41?,42?,43?,44-,45+,47-,48+,49?,50-/m1/s1. The van der Waals surface area contributed by atoms with E-state index in [0.717, 1.165) is 9.80 Å². The maximum Gasteiger partial charge on any atom is 0.246 e. The molecule has 0 spiro atoms. The molecule has 1 heterocycles. The number of hydrogen-bond acceptors (Lipinski definition) is 12. The summed E-state index contributed by atoms with van der Waals surface area (Å²) in [5, 5.41) is 28.5. The summed E-state index contributed by atoms with van der Waals surface area (Å²) in [5.41, 5.74) is 0. The summed E-state index contributed by atoms with van der Waals surface area (Å²) in [7, 11) is 6.94. The third-order valence-corrected chi connectivity index (χ3v) is 15.2. The summed E-state index contributed by atoms with van der Waals surface area (Å²) in [6.45, 7) is 29.1. The van der Waals surface area contributed by atoms with Crippen molar-refractivity contribution in [2.75, 3.05) is 41.8 Å². The number of carbonyl (C=O) groups excluding carboxylic acids is 11. The lowest BCUT2D eigenvalue weighted by Gasteiger charge is -2.40. The van der Waals surface area contributed by atoms with E-state index >= 15 is 4.79 Å². The van der Waals surface area contributed by atoms with Crippen LogP contribution in [0, 0.1) is 41.4 Å². The van der Waals surface area contributed by atoms with Gasteiger partial charge in [0, 0.05) is 35.2 Å². The molecule has 23 nitrogen and oxygen atoms in total. The molecule has 1 aliphatic heterocycles. The van der Waals surface area contributed by atoms with Crippen LogP contribution in [-0.2, 0) is 52.7 Å². The average Bonchev–Trinajstić information content (AvgIpc) is 3.39. The third-order valence-electron chi connectivity index (χ3n) is 15.2. The van der Waals surface area contributed by atoms with E-state index in [1.165, 1.54) is 63.8 Å². The minimum atomic E-state index is -1.61. The minimum Gasteiger partial charge on any atom is -0.390 e. The summed E-state index contributed by atoms with van der Waals surface area (Å²) in [6, 6.07) is -12.5. The van der Waals surface area contributed by atoms with Crippen LogP contribution in [0.3, 0.4) is 0 Å². The van der Waals surface area contributed by atoms with Gasteiger partial charge in [0.05, 0.1) is 12.6 Å². The molecular formula is C60H107N11O12. The molecule has 0 aliphatic carbocycles. The van der Waals surface area contributed by atoms with E-state index in [2.05, 4.69) is 31.9 Å². The van der Waals surface area contributed by atoms with Gasteiger partial charge in [0.15, 0.2) is 0 Å². The summed E-state index contributed by atoms with van der Waals surface area (Å²) in [6.07, 6.45) is 2.97. The Hall–Kier alpha value is -6.13. The molecule has 1 fully saturated rings. The zero-order valence-corrected chi connectivity index (χ0v) is 54.2. The van der Waals surface area contributed by atoms with Crippen LogP contribution < -0.4 is 31.9 Å². The zero-order chi connectivity index (χ0) is 64.2. The molecule has 0 bridgehead atoms. The van der Waals surface area contributed by atoms with Gasteiger partial charge in [0.2, 0.25) is 65.0 Å². The molecule has 5 unspecified atom stereocenters. The van der Waals surface area contributed by atoms with Crippen molar-refractivity contribution in [1.82, 2.24) is 56.4 Å². The van der Waals surface area contributed by atoms with Crippen LogP contribution >= 0.6 is 0 Å². The second-order valence-electron chi connectivity index (χ2n) is 25.3. The Balaban J connectivity index is 4.22. The highest BCUT2D eigenvalue weighted by molar-refractivity contribution is 5.99. The van der Waals surface area contributed by atoms with E-state index in [4.69, 9.17) is 0 Å². The number of likely N-dealkylation sites (N-methyl/N-ethyl adjacent to an activating group) is 5. The molecule has 0 aromatic carbocycles. The van der Waals surface area contributed by atoms with Crippen molar-refractivity contribution < 1.29 is 57.8 Å². The van der Waals surface area contributed by atoms with E-state index in [-0.39, 0.29) is 55.8 Å². The summed E-state index contributed by atoms with van der Waals surface area (Å²) < 4.78 is 0. The number of nitrogens with one attached hydrogen (secondary N) is 6. The molecule has 1 saturated heterocycles. The van der Waals surface area contributed by atoms with Gasteiger partial charge in [-0.15, -0.1) is 0 Å². The van der Waals surface area contributed by atoms with Gasteiger partial charge >= 0.3 is 0 Å². The summed E-state index contributed by atoms with van der Waals surface area (Å²) in [5.74, 6) is -10.0. The van der Waals surface area contributed by atoms with E-state index < -0.39 is 156 Å². The number of carbonyl (C=O) groups is 11. The van der Waals surface area contributed by atoms with Crippen molar-refractivity contribution in [3.8, 4) is 0 Å². The van der Waals surface area contributed by atoms with Gasteiger partial charge in [-0.25, -0.2) is 0 Å². The second-order valence-corrected chi connectivity index (χ2v) is 25.3. The van der Waals surface area contributed by atoms with Gasteiger partial charge in [-0.2, -0.15) is 0 Å². The van der Waals surface area contributed by atoms with Crippen LogP contribution in [0.25, 0.3) is 0 Å². The lowest BCUT2D eigenvalue weighted by molar-refractivity contribution is -0.154. The quantitative estimate of drug-likeness (QED) is 0.117. The van der Waals surface area contributed by atoms with Crippen LogP contribution in [-0.4, -0.2) is 203 Å². The van der Waals surface area contributed by atoms with E-state index in [0.29, 0.717) is 6.42 Å². The van der Waals surface area contributed by atoms with Crippen LogP contribution in [0.1, 0.15) is 156 Å². The largest absolute Gasteiger partial charge is 0.390 e. The normalized spacial score (nSPS) is 27.0. The van der Waals surface area contributed by atoms with E-state index in [1.54, 1.807) is 60.6 Å². The Labute approximate surface area is 495 Å². The Morgan fingerprint density at radius 2 is 0.928 bits per heavy atom. The zero-order valence-electron chi connectivity index (χ0n) is 54.2. The molecule has 1 rings (SSSR count). The number of aliphatic hydroxyl groups is 1. The van der Waals surface area contributed by atoms with Crippen LogP contribution in [0.5, 0.6) is 0 Å². The minimum absolute atomic E-state index is 0.0219. The monoisotopic (exact) mass is 1170 g/mol. The molecule has 7 N–H and O–H groups in total. The molecule has 0 saturated carbocycles. The molecule has 23 heteroatoms. The van der Waals surface area contributed by atoms with Gasteiger partial charge in [0.25, 0.3) is 0 Å². The molecule has 0 aromatic heterocycles. The molecule has 0 aromatic rings. The fourth-order valence-electron chi connectivity index (χ4n) is 10.1. The lowest BCUT2D eigenvalue weighted by atomic mass is 9.91. The van der Waals surface area contributed by atoms with Crippen LogP contribution in [0.15, 0.2) is 12.2 Å². The van der Waals surface area contributed by atoms with Gasteiger partial charge in [0.1, 0.15) is 60.4 Å². The van der Waals surface area contributed by atoms with Gasteiger partial charge in [-0.1, -0.05) is 109 Å². The maximum absolute atomic E-state index is 15.0. The first-order valence-electron chi connectivity index (χ1n) is 29.8. The molecule has 11 amide bonds. The highest BCUT2D eigenvalue weighted by Crippen LogP contribution is 2.24. The molecule has 12 atom stereocenters. The first-order valence-corrected chi connectivity index (χ1v) is 29.8. The Bertz CT molecular complexity index is 2250. The molecular weight excluding hydrogens is 1070 g/mol. The predicted molar refractivity (Wildman–Crippen MR) is 319 cm³/mol. The topological polar surface area (TPSA) is 296 Å². The number of hydrogen-bond donors (Lipinski definition) is 7. The van der Waals surface area contributed by atoms with Crippen molar-refractivity contribution >= 4 is 65.0 Å². The van der Waals surface area contributed by atoms with Crippen molar-refractivity contribution in [1.29, 1.82) is 0 Å². The third kappa shape index (κ3) is 22.4. The highest BCUT2D eigenvalue weighted by Gasteiger charge is 2.44. The Morgan fingerprint density at radius 1 is 0.470 bits per heavy atom. The lowest BCUT2D eigenvalue weighted by Crippen LogP contribution is -2.63. The maximum atomic E-state index is 15.0. The van der Waals surface area contributed by atoms with Crippen molar-refractivity contribution in [2.24, 2.45) is 41.4 Å². The number of amides is 11. The van der Waals surface area contributed by atoms with E-state index in [9.17, 15) is 53.1 Å². The SMILES string of the molecule is C/C=C/C[C@@H](C)[C@@H](O)C1C(=O)NC(CC)C(=O)N(C)CC(=O)N(C)[C@H](CC(C)C)C(=O)N[C@H](C(C)C)C(=O)NC(CC(C)C)C(=O)NC(C)C(=O)N[C@H](C)C(=O)N(C)[C@@H](CC(C)C)C(=O)NC(CC(C)C)C(=O)N(C)[C@@H](C(C)C)C(=O)N1C. The molecule has 1 aliphatic rings. The summed E-state index contributed by atoms with van der Waals surface area (Å²) in [4.78, 5) is 164. The molecule has 0 radical (unpaired) electrons. The predicted octanol–water partition coefficient (Wildman–Crippen LogP) is 2.58. The number of rotatable bonds is 15. The van der Waals surface area contributed by atoms with Gasteiger partial charge in [-0.3, -0.25) is 52.7 Å². The Morgan fingerprint density at radius 3 is 1.41 bits per heavy atom. The number of allylic oxidation sites excluding steroid dienone is 2. The van der Waals surface area contributed by atoms with E-state index in [1.807, 2.05) is 55.4 Å². The molecule has 474 valence electrons. The average molecular weight is 1170 g/mol.